The van der Waals surface area contributed by atoms with Crippen molar-refractivity contribution in [2.24, 2.45) is 0 Å². The number of rotatable bonds is 9. The Hall–Kier alpha value is -1.23. The number of aryl methyl sites for hydroxylation is 1. The topological polar surface area (TPSA) is 34.1 Å². The highest BCUT2D eigenvalue weighted by molar-refractivity contribution is 7.09. The van der Waals surface area contributed by atoms with Gasteiger partial charge in [0.25, 0.3) is 0 Å². The van der Waals surface area contributed by atoms with Crippen LogP contribution < -0.4 is 5.32 Å². The van der Waals surface area contributed by atoms with Crippen molar-refractivity contribution in [2.75, 3.05) is 13.2 Å². The van der Waals surface area contributed by atoms with Gasteiger partial charge in [0.2, 0.25) is 0 Å². The van der Waals surface area contributed by atoms with Crippen molar-refractivity contribution < 1.29 is 4.74 Å². The Morgan fingerprint density at radius 2 is 2.05 bits per heavy atom. The number of aromatic nitrogens is 1. The number of thiazole rings is 1. The maximum atomic E-state index is 5.85. The van der Waals surface area contributed by atoms with Crippen molar-refractivity contribution >= 4 is 11.3 Å². The van der Waals surface area contributed by atoms with E-state index in [1.165, 1.54) is 16.0 Å². The molecule has 0 fully saturated rings. The molecule has 1 aromatic carbocycles. The standard InChI is InChI=1S/C17H24N2OS/c1-3-9-18-11-15-6-4-5-7-16(15)12-20-10-8-17-14(2)19-13-21-17/h4-7,13,18H,3,8-12H2,1-2H3. The summed E-state index contributed by atoms with van der Waals surface area (Å²) in [6.45, 7) is 7.65. The maximum Gasteiger partial charge on any atom is 0.0797 e. The monoisotopic (exact) mass is 304 g/mol. The van der Waals surface area contributed by atoms with Gasteiger partial charge in [-0.05, 0) is 31.0 Å². The number of hydrogen-bond acceptors (Lipinski definition) is 4. The quantitative estimate of drug-likeness (QED) is 0.717. The average Bonchev–Trinajstić information content (AvgIpc) is 2.91. The molecule has 4 heteroatoms. The molecular weight excluding hydrogens is 280 g/mol. The molecule has 2 aromatic rings. The Bertz CT molecular complexity index is 539. The third-order valence-corrected chi connectivity index (χ3v) is 4.43. The molecule has 0 spiro atoms. The fourth-order valence-electron chi connectivity index (χ4n) is 2.18. The molecule has 1 aromatic heterocycles. The molecule has 0 aliphatic rings. The Morgan fingerprint density at radius 1 is 1.24 bits per heavy atom. The number of hydrogen-bond donors (Lipinski definition) is 1. The van der Waals surface area contributed by atoms with Crippen LogP contribution in [0.2, 0.25) is 0 Å². The molecule has 2 rings (SSSR count). The third kappa shape index (κ3) is 5.23. The predicted molar refractivity (Wildman–Crippen MR) is 88.7 cm³/mol. The fraction of sp³-hybridized carbons (Fsp3) is 0.471. The van der Waals surface area contributed by atoms with Crippen LogP contribution >= 0.6 is 11.3 Å². The van der Waals surface area contributed by atoms with Crippen LogP contribution in [0.4, 0.5) is 0 Å². The second-order valence-electron chi connectivity index (χ2n) is 5.11. The zero-order valence-electron chi connectivity index (χ0n) is 12.9. The van der Waals surface area contributed by atoms with Gasteiger partial charge < -0.3 is 10.1 Å². The fourth-order valence-corrected chi connectivity index (χ4v) is 2.95. The zero-order chi connectivity index (χ0) is 14.9. The minimum atomic E-state index is 0.682. The van der Waals surface area contributed by atoms with E-state index in [4.69, 9.17) is 4.74 Å². The molecule has 0 unspecified atom stereocenters. The summed E-state index contributed by atoms with van der Waals surface area (Å²) in [6.07, 6.45) is 2.11. The van der Waals surface area contributed by atoms with Crippen LogP contribution in [0.1, 0.15) is 35.0 Å². The number of ether oxygens (including phenoxy) is 1. The molecule has 1 N–H and O–H groups in total. The molecule has 0 radical (unpaired) electrons. The van der Waals surface area contributed by atoms with E-state index in [2.05, 4.69) is 48.4 Å². The summed E-state index contributed by atoms with van der Waals surface area (Å²) in [6, 6.07) is 8.50. The van der Waals surface area contributed by atoms with Gasteiger partial charge in [-0.3, -0.25) is 0 Å². The number of benzene rings is 1. The van der Waals surface area contributed by atoms with Crippen LogP contribution in [0, 0.1) is 6.92 Å². The summed E-state index contributed by atoms with van der Waals surface area (Å²) >= 11 is 1.71. The largest absolute Gasteiger partial charge is 0.376 e. The summed E-state index contributed by atoms with van der Waals surface area (Å²) in [5, 5.41) is 3.45. The molecule has 3 nitrogen and oxygen atoms in total. The predicted octanol–water partition coefficient (Wildman–Crippen LogP) is 3.71. The van der Waals surface area contributed by atoms with Crippen LogP contribution in [-0.4, -0.2) is 18.1 Å². The van der Waals surface area contributed by atoms with Crippen LogP contribution in [-0.2, 0) is 24.3 Å². The van der Waals surface area contributed by atoms with Crippen LogP contribution in [0.3, 0.4) is 0 Å². The first-order chi connectivity index (χ1) is 10.3. The van der Waals surface area contributed by atoms with Crippen LogP contribution in [0.15, 0.2) is 29.8 Å². The molecule has 0 bridgehead atoms. The molecule has 0 aliphatic carbocycles. The van der Waals surface area contributed by atoms with Crippen LogP contribution in [0.25, 0.3) is 0 Å². The number of nitrogens with one attached hydrogen (secondary N) is 1. The van der Waals surface area contributed by atoms with E-state index in [0.29, 0.717) is 6.61 Å². The van der Waals surface area contributed by atoms with Gasteiger partial charge in [0, 0.05) is 17.8 Å². The van der Waals surface area contributed by atoms with Gasteiger partial charge in [-0.25, -0.2) is 4.98 Å². The van der Waals surface area contributed by atoms with E-state index < -0.39 is 0 Å². The zero-order valence-corrected chi connectivity index (χ0v) is 13.7. The van der Waals surface area contributed by atoms with Crippen molar-refractivity contribution in [3.8, 4) is 0 Å². The summed E-state index contributed by atoms with van der Waals surface area (Å²) in [7, 11) is 0. The number of nitrogens with zero attached hydrogens (tertiary/aromatic N) is 1. The van der Waals surface area contributed by atoms with Gasteiger partial charge in [0.05, 0.1) is 24.4 Å². The second-order valence-corrected chi connectivity index (χ2v) is 6.05. The lowest BCUT2D eigenvalue weighted by Gasteiger charge is -2.11. The van der Waals surface area contributed by atoms with Crippen molar-refractivity contribution in [2.45, 2.75) is 39.8 Å². The van der Waals surface area contributed by atoms with Crippen molar-refractivity contribution in [1.29, 1.82) is 0 Å². The Labute approximate surface area is 131 Å². The molecular formula is C17H24N2OS. The maximum absolute atomic E-state index is 5.85. The minimum absolute atomic E-state index is 0.682. The highest BCUT2D eigenvalue weighted by atomic mass is 32.1. The third-order valence-electron chi connectivity index (χ3n) is 3.44. The lowest BCUT2D eigenvalue weighted by atomic mass is 10.1. The SMILES string of the molecule is CCCNCc1ccccc1COCCc1scnc1C. The lowest BCUT2D eigenvalue weighted by molar-refractivity contribution is 0.123. The first-order valence-electron chi connectivity index (χ1n) is 7.55. The molecule has 0 atom stereocenters. The second kappa shape index (κ2) is 8.93. The summed E-state index contributed by atoms with van der Waals surface area (Å²) < 4.78 is 5.85. The van der Waals surface area contributed by atoms with E-state index >= 15 is 0 Å². The molecule has 0 amide bonds. The van der Waals surface area contributed by atoms with E-state index in [1.54, 1.807) is 11.3 Å². The first-order valence-corrected chi connectivity index (χ1v) is 8.43. The molecule has 21 heavy (non-hydrogen) atoms. The summed E-state index contributed by atoms with van der Waals surface area (Å²) in [5.74, 6) is 0. The smallest absolute Gasteiger partial charge is 0.0797 e. The highest BCUT2D eigenvalue weighted by Crippen LogP contribution is 2.14. The Morgan fingerprint density at radius 3 is 2.76 bits per heavy atom. The summed E-state index contributed by atoms with van der Waals surface area (Å²) in [4.78, 5) is 5.59. The summed E-state index contributed by atoms with van der Waals surface area (Å²) in [5.41, 5.74) is 5.65. The van der Waals surface area contributed by atoms with Crippen molar-refractivity contribution in [1.82, 2.24) is 10.3 Å². The van der Waals surface area contributed by atoms with Crippen LogP contribution in [0.5, 0.6) is 0 Å². The van der Waals surface area contributed by atoms with Gasteiger partial charge in [-0.1, -0.05) is 31.2 Å². The average molecular weight is 304 g/mol. The van der Waals surface area contributed by atoms with E-state index in [-0.39, 0.29) is 0 Å². The van der Waals surface area contributed by atoms with Crippen molar-refractivity contribution in [3.63, 3.8) is 0 Å². The molecule has 0 saturated carbocycles. The Kier molecular flexibility index (Phi) is 6.86. The minimum Gasteiger partial charge on any atom is -0.376 e. The first kappa shape index (κ1) is 16.1. The normalized spacial score (nSPS) is 11.0. The molecule has 114 valence electrons. The van der Waals surface area contributed by atoms with Gasteiger partial charge in [-0.15, -0.1) is 11.3 Å². The highest BCUT2D eigenvalue weighted by Gasteiger charge is 2.04. The Balaban J connectivity index is 1.78. The molecule has 0 aliphatic heterocycles. The van der Waals surface area contributed by atoms with E-state index in [0.717, 1.165) is 38.2 Å². The van der Waals surface area contributed by atoms with Gasteiger partial charge in [0.15, 0.2) is 0 Å². The van der Waals surface area contributed by atoms with Gasteiger partial charge in [-0.2, -0.15) is 0 Å². The molecule has 1 heterocycles. The van der Waals surface area contributed by atoms with Crippen molar-refractivity contribution in [3.05, 3.63) is 51.5 Å². The van der Waals surface area contributed by atoms with Gasteiger partial charge >= 0.3 is 0 Å². The van der Waals surface area contributed by atoms with Gasteiger partial charge in [0.1, 0.15) is 0 Å². The molecule has 0 saturated heterocycles. The van der Waals surface area contributed by atoms with E-state index in [9.17, 15) is 0 Å². The van der Waals surface area contributed by atoms with E-state index in [1.807, 2.05) is 5.51 Å². The lowest BCUT2D eigenvalue weighted by Crippen LogP contribution is -2.15.